The quantitative estimate of drug-likeness (QED) is 0.381. The van der Waals surface area contributed by atoms with Crippen LogP contribution in [0, 0.1) is 0 Å². The first-order valence-corrected chi connectivity index (χ1v) is 2.03. The molecule has 0 fully saturated rings. The Bertz CT molecular complexity index is 85.4. The molecule has 0 rings (SSSR count). The number of carboxylic acid groups (broad SMARTS) is 1. The molecule has 0 saturated heterocycles. The number of hydrogen-bond acceptors (Lipinski definition) is 2. The summed E-state index contributed by atoms with van der Waals surface area (Å²) in [7, 11) is 0. The van der Waals surface area contributed by atoms with Gasteiger partial charge in [0.2, 0.25) is 0 Å². The molecule has 0 spiro atoms. The van der Waals surface area contributed by atoms with Crippen LogP contribution < -0.4 is 5.73 Å². The number of halogens is 1. The lowest BCUT2D eigenvalue weighted by Gasteiger charge is -2.06. The van der Waals surface area contributed by atoms with Gasteiger partial charge in [-0.2, -0.15) is 0 Å². The Kier molecular flexibility index (Phi) is 1.61. The molecular formula is C3H6ClNO2. The first kappa shape index (κ1) is 6.72. The fourth-order valence-electron chi connectivity index (χ4n) is 0. The average molecular weight is 124 g/mol. The summed E-state index contributed by atoms with van der Waals surface area (Å²) in [4.78, 5) is 8.15. The van der Waals surface area contributed by atoms with Gasteiger partial charge in [-0.15, -0.1) is 0 Å². The number of hydrogen-bond donors (Lipinski definition) is 2. The van der Waals surface area contributed by atoms with E-state index < -0.39 is 11.0 Å². The topological polar surface area (TPSA) is 63.3 Å². The normalized spacial score (nSPS) is 18.1. The van der Waals surface area contributed by atoms with Gasteiger partial charge in [0, 0.05) is 0 Å². The van der Waals surface area contributed by atoms with E-state index in [1.807, 2.05) is 0 Å². The van der Waals surface area contributed by atoms with Crippen LogP contribution in [0.1, 0.15) is 6.92 Å². The summed E-state index contributed by atoms with van der Waals surface area (Å²) >= 11 is 5.05. The Morgan fingerprint density at radius 3 is 2.14 bits per heavy atom. The SMILES string of the molecule is C[C@@](N)(Cl)C(=O)O. The van der Waals surface area contributed by atoms with Crippen LogP contribution in [0.15, 0.2) is 0 Å². The van der Waals surface area contributed by atoms with Crippen molar-refractivity contribution >= 4 is 17.6 Å². The number of aliphatic carboxylic acids is 1. The van der Waals surface area contributed by atoms with Crippen molar-refractivity contribution in [1.82, 2.24) is 0 Å². The molecule has 3 nitrogen and oxygen atoms in total. The number of rotatable bonds is 1. The number of nitrogens with two attached hydrogens (primary N) is 1. The molecule has 0 bridgehead atoms. The fourth-order valence-corrected chi connectivity index (χ4v) is 0. The predicted octanol–water partition coefficient (Wildman–Crippen LogP) is -0.0153. The van der Waals surface area contributed by atoms with E-state index in [1.165, 1.54) is 6.92 Å². The third-order valence-corrected chi connectivity index (χ3v) is 0.580. The number of carbonyl (C=O) groups is 1. The molecule has 0 aromatic heterocycles. The van der Waals surface area contributed by atoms with Crippen LogP contribution >= 0.6 is 11.6 Å². The molecule has 0 aliphatic heterocycles. The minimum atomic E-state index is -1.61. The van der Waals surface area contributed by atoms with Gasteiger partial charge in [0.1, 0.15) is 0 Å². The van der Waals surface area contributed by atoms with E-state index >= 15 is 0 Å². The summed E-state index contributed by atoms with van der Waals surface area (Å²) in [6.07, 6.45) is 0. The maximum atomic E-state index is 9.76. The Morgan fingerprint density at radius 1 is 2.00 bits per heavy atom. The van der Waals surface area contributed by atoms with Crippen LogP contribution in [0.5, 0.6) is 0 Å². The Hall–Kier alpha value is -0.280. The summed E-state index contributed by atoms with van der Waals surface area (Å²) in [5.41, 5.74) is 4.84. The van der Waals surface area contributed by atoms with Crippen molar-refractivity contribution in [2.75, 3.05) is 0 Å². The van der Waals surface area contributed by atoms with E-state index in [4.69, 9.17) is 22.4 Å². The summed E-state index contributed by atoms with van der Waals surface area (Å²) in [6.45, 7) is 1.21. The highest BCUT2D eigenvalue weighted by Crippen LogP contribution is 2.02. The molecule has 42 valence electrons. The van der Waals surface area contributed by atoms with Gasteiger partial charge in [-0.05, 0) is 6.92 Å². The van der Waals surface area contributed by atoms with Crippen LogP contribution in [0.3, 0.4) is 0 Å². The zero-order chi connectivity index (χ0) is 6.08. The Morgan fingerprint density at radius 2 is 2.14 bits per heavy atom. The van der Waals surface area contributed by atoms with Gasteiger partial charge in [-0.3, -0.25) is 0 Å². The van der Waals surface area contributed by atoms with E-state index in [9.17, 15) is 4.79 Å². The van der Waals surface area contributed by atoms with E-state index in [2.05, 4.69) is 0 Å². The third kappa shape index (κ3) is 2.42. The molecule has 3 N–H and O–H groups in total. The molecule has 0 unspecified atom stereocenters. The van der Waals surface area contributed by atoms with Crippen molar-refractivity contribution in [3.8, 4) is 0 Å². The molecule has 0 aliphatic rings. The van der Waals surface area contributed by atoms with E-state index in [-0.39, 0.29) is 0 Å². The van der Waals surface area contributed by atoms with Crippen molar-refractivity contribution in [3.05, 3.63) is 0 Å². The van der Waals surface area contributed by atoms with Gasteiger partial charge in [0.15, 0.2) is 5.00 Å². The second-order valence-electron chi connectivity index (χ2n) is 1.38. The largest absolute Gasteiger partial charge is 0.479 e. The molecule has 1 atom stereocenters. The molecule has 0 radical (unpaired) electrons. The van der Waals surface area contributed by atoms with Gasteiger partial charge < -0.3 is 10.8 Å². The van der Waals surface area contributed by atoms with E-state index in [0.29, 0.717) is 0 Å². The molecule has 0 aromatic rings. The minimum Gasteiger partial charge on any atom is -0.479 e. The first-order chi connectivity index (χ1) is 2.94. The van der Waals surface area contributed by atoms with Gasteiger partial charge >= 0.3 is 5.97 Å². The average Bonchev–Trinajstić information content (AvgIpc) is 1.31. The minimum absolute atomic E-state index is 1.21. The van der Waals surface area contributed by atoms with Crippen molar-refractivity contribution in [1.29, 1.82) is 0 Å². The lowest BCUT2D eigenvalue weighted by atomic mass is 10.4. The standard InChI is InChI=1S/C3H6ClNO2/c1-3(4,5)2(6)7/h5H2,1H3,(H,6,7)/t3-/m0/s1. The molecule has 0 heterocycles. The highest BCUT2D eigenvalue weighted by molar-refractivity contribution is 6.32. The molecule has 0 aliphatic carbocycles. The third-order valence-electron chi connectivity index (χ3n) is 0.418. The molecule has 0 amide bonds. The number of alkyl halides is 1. The lowest BCUT2D eigenvalue weighted by molar-refractivity contribution is -0.139. The zero-order valence-corrected chi connectivity index (χ0v) is 4.57. The lowest BCUT2D eigenvalue weighted by Crippen LogP contribution is -2.38. The van der Waals surface area contributed by atoms with Crippen LogP contribution in [0.2, 0.25) is 0 Å². The Balaban J connectivity index is 3.79. The second-order valence-corrected chi connectivity index (χ2v) is 2.17. The maximum absolute atomic E-state index is 9.76. The van der Waals surface area contributed by atoms with Gasteiger partial charge in [-0.1, -0.05) is 11.6 Å². The number of carboxylic acids is 1. The second kappa shape index (κ2) is 1.68. The molecule has 0 aromatic carbocycles. The van der Waals surface area contributed by atoms with Crippen LogP contribution in [0.4, 0.5) is 0 Å². The zero-order valence-electron chi connectivity index (χ0n) is 3.81. The summed E-state index contributed by atoms with van der Waals surface area (Å²) < 4.78 is 0. The van der Waals surface area contributed by atoms with Crippen molar-refractivity contribution in [3.63, 3.8) is 0 Å². The molecule has 4 heteroatoms. The van der Waals surface area contributed by atoms with Gasteiger partial charge in [0.25, 0.3) is 0 Å². The smallest absolute Gasteiger partial charge is 0.339 e. The van der Waals surface area contributed by atoms with Crippen molar-refractivity contribution < 1.29 is 9.90 Å². The first-order valence-electron chi connectivity index (χ1n) is 1.66. The van der Waals surface area contributed by atoms with Gasteiger partial charge in [0.05, 0.1) is 0 Å². The highest BCUT2D eigenvalue weighted by atomic mass is 35.5. The van der Waals surface area contributed by atoms with Crippen LogP contribution in [-0.4, -0.2) is 16.1 Å². The van der Waals surface area contributed by atoms with Crippen LogP contribution in [0.25, 0.3) is 0 Å². The van der Waals surface area contributed by atoms with Crippen molar-refractivity contribution in [2.24, 2.45) is 5.73 Å². The summed E-state index contributed by atoms with van der Waals surface area (Å²) in [5.74, 6) is -1.21. The molecule has 0 saturated carbocycles. The molecular weight excluding hydrogens is 117 g/mol. The van der Waals surface area contributed by atoms with E-state index in [0.717, 1.165) is 0 Å². The highest BCUT2D eigenvalue weighted by Gasteiger charge is 2.22. The Labute approximate surface area is 46.1 Å². The predicted molar refractivity (Wildman–Crippen MR) is 26.1 cm³/mol. The van der Waals surface area contributed by atoms with Gasteiger partial charge in [-0.25, -0.2) is 4.79 Å². The summed E-state index contributed by atoms with van der Waals surface area (Å²) in [6, 6.07) is 0. The summed E-state index contributed by atoms with van der Waals surface area (Å²) in [5, 5.41) is 7.99. The fraction of sp³-hybridized carbons (Fsp3) is 0.667. The van der Waals surface area contributed by atoms with Crippen LogP contribution in [-0.2, 0) is 4.79 Å². The molecule has 7 heavy (non-hydrogen) atoms. The maximum Gasteiger partial charge on any atom is 0.339 e. The van der Waals surface area contributed by atoms with Crippen molar-refractivity contribution in [2.45, 2.75) is 11.9 Å². The monoisotopic (exact) mass is 123 g/mol. The van der Waals surface area contributed by atoms with E-state index in [1.54, 1.807) is 0 Å².